The Kier molecular flexibility index (Phi) is 4.18. The Bertz CT molecular complexity index is 815. The van der Waals surface area contributed by atoms with E-state index in [9.17, 15) is 8.42 Å². The smallest absolute Gasteiger partial charge is 0.240 e. The van der Waals surface area contributed by atoms with Crippen LogP contribution in [-0.2, 0) is 22.9 Å². The number of rotatable bonds is 4. The molecule has 0 aliphatic heterocycles. The number of nitrogens with one attached hydrogen (secondary N) is 1. The van der Waals surface area contributed by atoms with Gasteiger partial charge in [-0.25, -0.2) is 18.1 Å². The molecule has 2 aliphatic rings. The molecule has 2 aliphatic carbocycles. The molecule has 0 radical (unpaired) electrons. The average Bonchev–Trinajstić information content (AvgIpc) is 3.25. The second-order valence-corrected chi connectivity index (χ2v) is 8.59. The van der Waals surface area contributed by atoms with Gasteiger partial charge in [-0.3, -0.25) is 0 Å². The minimum Gasteiger partial charge on any atom is -0.333 e. The summed E-state index contributed by atoms with van der Waals surface area (Å²) in [5.41, 5.74) is 2.50. The van der Waals surface area contributed by atoms with Crippen molar-refractivity contribution >= 4 is 10.0 Å². The highest BCUT2D eigenvalue weighted by molar-refractivity contribution is 7.89. The van der Waals surface area contributed by atoms with Crippen LogP contribution in [0.3, 0.4) is 0 Å². The van der Waals surface area contributed by atoms with Gasteiger partial charge >= 0.3 is 0 Å². The molecular formula is C18H23N3O2S. The molecule has 2 aromatic rings. The number of aryl methyl sites for hydroxylation is 2. The number of fused-ring (bicyclic) bond motifs is 1. The quantitative estimate of drug-likeness (QED) is 0.927. The third kappa shape index (κ3) is 3.00. The molecule has 0 unspecified atom stereocenters. The number of hydrogen-bond donors (Lipinski definition) is 1. The van der Waals surface area contributed by atoms with Gasteiger partial charge in [0.1, 0.15) is 0 Å². The normalized spacial score (nSPS) is 24.0. The average molecular weight is 345 g/mol. The van der Waals surface area contributed by atoms with Crippen molar-refractivity contribution < 1.29 is 8.42 Å². The molecule has 1 fully saturated rings. The minimum absolute atomic E-state index is 0.0692. The van der Waals surface area contributed by atoms with Gasteiger partial charge in [0.05, 0.1) is 17.3 Å². The zero-order valence-corrected chi connectivity index (χ0v) is 14.5. The Labute approximate surface area is 143 Å². The summed E-state index contributed by atoms with van der Waals surface area (Å²) < 4.78 is 30.7. The lowest BCUT2D eigenvalue weighted by Gasteiger charge is -2.23. The maximum Gasteiger partial charge on any atom is 0.240 e. The van der Waals surface area contributed by atoms with Crippen molar-refractivity contribution in [1.29, 1.82) is 0 Å². The van der Waals surface area contributed by atoms with Crippen LogP contribution in [-0.4, -0.2) is 24.0 Å². The summed E-state index contributed by atoms with van der Waals surface area (Å²) in [4.78, 5) is 4.49. The number of imidazole rings is 1. The summed E-state index contributed by atoms with van der Waals surface area (Å²) in [5, 5.41) is 0. The van der Waals surface area contributed by atoms with E-state index in [1.54, 1.807) is 18.6 Å². The first-order valence-electron chi connectivity index (χ1n) is 8.75. The van der Waals surface area contributed by atoms with Gasteiger partial charge in [0, 0.05) is 18.4 Å². The maximum atomic E-state index is 12.9. The van der Waals surface area contributed by atoms with Crippen LogP contribution >= 0.6 is 0 Å². The van der Waals surface area contributed by atoms with Gasteiger partial charge in [-0.2, -0.15) is 0 Å². The van der Waals surface area contributed by atoms with Crippen molar-refractivity contribution in [2.75, 3.05) is 0 Å². The number of sulfonamides is 1. The van der Waals surface area contributed by atoms with Crippen LogP contribution in [0.25, 0.3) is 0 Å². The predicted molar refractivity (Wildman–Crippen MR) is 92.3 cm³/mol. The van der Waals surface area contributed by atoms with Gasteiger partial charge < -0.3 is 4.57 Å². The van der Waals surface area contributed by atoms with Crippen LogP contribution in [0.4, 0.5) is 0 Å². The fraction of sp³-hybridized carbons (Fsp3) is 0.500. The predicted octanol–water partition coefficient (Wildman–Crippen LogP) is 2.83. The molecule has 1 saturated carbocycles. The van der Waals surface area contributed by atoms with E-state index >= 15 is 0 Å². The van der Waals surface area contributed by atoms with Crippen molar-refractivity contribution in [2.24, 2.45) is 0 Å². The Morgan fingerprint density at radius 3 is 2.71 bits per heavy atom. The second kappa shape index (κ2) is 6.33. The number of nitrogens with zero attached hydrogens (tertiary/aromatic N) is 2. The van der Waals surface area contributed by atoms with Crippen LogP contribution in [0, 0.1) is 0 Å². The Balaban J connectivity index is 1.57. The lowest BCUT2D eigenvalue weighted by molar-refractivity contribution is 0.431. The fourth-order valence-electron chi connectivity index (χ4n) is 4.04. The third-order valence-electron chi connectivity index (χ3n) is 5.32. The van der Waals surface area contributed by atoms with Crippen LogP contribution in [0.15, 0.2) is 41.8 Å². The van der Waals surface area contributed by atoms with E-state index in [2.05, 4.69) is 9.71 Å². The molecule has 1 N–H and O–H groups in total. The van der Waals surface area contributed by atoms with E-state index in [-0.39, 0.29) is 12.1 Å². The van der Waals surface area contributed by atoms with E-state index in [4.69, 9.17) is 0 Å². The summed E-state index contributed by atoms with van der Waals surface area (Å²) in [7, 11) is -3.48. The van der Waals surface area contributed by atoms with Crippen molar-refractivity contribution in [2.45, 2.75) is 61.9 Å². The van der Waals surface area contributed by atoms with Crippen molar-refractivity contribution in [1.82, 2.24) is 14.3 Å². The monoisotopic (exact) mass is 345 g/mol. The SMILES string of the molecule is O=S(=O)(N[C@@H]1CCC[C@H]1n1ccnc1)c1ccc2c(c1)CCCC2. The van der Waals surface area contributed by atoms with Crippen LogP contribution in [0.5, 0.6) is 0 Å². The molecule has 5 nitrogen and oxygen atoms in total. The standard InChI is InChI=1S/C18H23N3O2S/c22-24(23,16-9-8-14-4-1-2-5-15(14)12-16)20-17-6-3-7-18(17)21-11-10-19-13-21/h8-13,17-18,20H,1-7H2/t17-,18-/m1/s1. The summed E-state index contributed by atoms with van der Waals surface area (Å²) in [6.07, 6.45) is 12.7. The molecule has 24 heavy (non-hydrogen) atoms. The lowest BCUT2D eigenvalue weighted by atomic mass is 9.92. The molecular weight excluding hydrogens is 322 g/mol. The van der Waals surface area contributed by atoms with Crippen molar-refractivity contribution in [3.8, 4) is 0 Å². The summed E-state index contributed by atoms with van der Waals surface area (Å²) in [6.45, 7) is 0. The highest BCUT2D eigenvalue weighted by Crippen LogP contribution is 2.31. The van der Waals surface area contributed by atoms with E-state index in [1.165, 1.54) is 17.5 Å². The van der Waals surface area contributed by atoms with E-state index in [1.807, 2.05) is 22.9 Å². The molecule has 0 saturated heterocycles. The van der Waals surface area contributed by atoms with E-state index in [0.29, 0.717) is 4.90 Å². The summed E-state index contributed by atoms with van der Waals surface area (Å²) in [6, 6.07) is 5.71. The molecule has 6 heteroatoms. The topological polar surface area (TPSA) is 64.0 Å². The van der Waals surface area contributed by atoms with Crippen LogP contribution in [0.2, 0.25) is 0 Å². The number of aromatic nitrogens is 2. The Hall–Kier alpha value is -1.66. The largest absolute Gasteiger partial charge is 0.333 e. The zero-order valence-electron chi connectivity index (χ0n) is 13.7. The first-order valence-corrected chi connectivity index (χ1v) is 10.2. The van der Waals surface area contributed by atoms with Crippen molar-refractivity contribution in [3.63, 3.8) is 0 Å². The first-order chi connectivity index (χ1) is 11.6. The van der Waals surface area contributed by atoms with E-state index < -0.39 is 10.0 Å². The van der Waals surface area contributed by atoms with Gasteiger partial charge in [-0.05, 0) is 68.2 Å². The Morgan fingerprint density at radius 1 is 1.08 bits per heavy atom. The van der Waals surface area contributed by atoms with Crippen LogP contribution < -0.4 is 4.72 Å². The maximum absolute atomic E-state index is 12.9. The summed E-state index contributed by atoms with van der Waals surface area (Å²) in [5.74, 6) is 0. The van der Waals surface area contributed by atoms with Gasteiger partial charge in [-0.1, -0.05) is 6.07 Å². The van der Waals surface area contributed by atoms with Gasteiger partial charge in [-0.15, -0.1) is 0 Å². The highest BCUT2D eigenvalue weighted by atomic mass is 32.2. The highest BCUT2D eigenvalue weighted by Gasteiger charge is 2.32. The molecule has 0 bridgehead atoms. The van der Waals surface area contributed by atoms with Crippen molar-refractivity contribution in [3.05, 3.63) is 48.0 Å². The molecule has 0 amide bonds. The molecule has 1 aromatic carbocycles. The first kappa shape index (κ1) is 15.8. The molecule has 1 heterocycles. The molecule has 1 aromatic heterocycles. The number of benzene rings is 1. The van der Waals surface area contributed by atoms with Gasteiger partial charge in [0.15, 0.2) is 0 Å². The van der Waals surface area contributed by atoms with Gasteiger partial charge in [0.25, 0.3) is 0 Å². The second-order valence-electron chi connectivity index (χ2n) is 6.87. The number of hydrogen-bond acceptors (Lipinski definition) is 3. The minimum atomic E-state index is -3.48. The Morgan fingerprint density at radius 2 is 1.92 bits per heavy atom. The molecule has 2 atom stereocenters. The fourth-order valence-corrected chi connectivity index (χ4v) is 5.40. The molecule has 128 valence electrons. The lowest BCUT2D eigenvalue weighted by Crippen LogP contribution is -2.38. The van der Waals surface area contributed by atoms with Crippen LogP contribution in [0.1, 0.15) is 49.3 Å². The van der Waals surface area contributed by atoms with E-state index in [0.717, 1.165) is 38.5 Å². The molecule has 0 spiro atoms. The summed E-state index contributed by atoms with van der Waals surface area (Å²) >= 11 is 0. The zero-order chi connectivity index (χ0) is 16.6. The third-order valence-corrected chi connectivity index (χ3v) is 6.81. The molecule has 4 rings (SSSR count). The van der Waals surface area contributed by atoms with Gasteiger partial charge in [0.2, 0.25) is 10.0 Å².